The fourth-order valence-electron chi connectivity index (χ4n) is 3.44. The summed E-state index contributed by atoms with van der Waals surface area (Å²) >= 11 is 0. The monoisotopic (exact) mass is 348 g/mol. The number of hydrogen-bond donors (Lipinski definition) is 0. The van der Waals surface area contributed by atoms with Gasteiger partial charge in [-0.05, 0) is 24.1 Å². The summed E-state index contributed by atoms with van der Waals surface area (Å²) < 4.78 is 10.7. The van der Waals surface area contributed by atoms with Crippen molar-refractivity contribution >= 4 is 5.91 Å². The Morgan fingerprint density at radius 1 is 1.15 bits per heavy atom. The first-order chi connectivity index (χ1) is 12.8. The van der Waals surface area contributed by atoms with E-state index in [-0.39, 0.29) is 5.91 Å². The Hall–Kier alpha value is -3.08. The number of likely N-dealkylation sites (tertiary alicyclic amines) is 1. The molecule has 4 rings (SSSR count). The second-order valence-electron chi connectivity index (χ2n) is 6.41. The van der Waals surface area contributed by atoms with Crippen molar-refractivity contribution in [3.8, 4) is 17.1 Å². The molecule has 26 heavy (non-hydrogen) atoms. The molecule has 0 bridgehead atoms. The van der Waals surface area contributed by atoms with Crippen molar-refractivity contribution in [2.75, 3.05) is 20.2 Å². The van der Waals surface area contributed by atoms with E-state index in [0.29, 0.717) is 23.9 Å². The second kappa shape index (κ2) is 7.04. The third-order valence-corrected chi connectivity index (χ3v) is 4.87. The molecule has 1 fully saturated rings. The minimum absolute atomic E-state index is 0.0754. The molecule has 0 aliphatic carbocycles. The van der Waals surface area contributed by atoms with Crippen molar-refractivity contribution in [2.45, 2.75) is 12.3 Å². The lowest BCUT2D eigenvalue weighted by atomic mass is 9.98. The quantitative estimate of drug-likeness (QED) is 0.716. The maximum absolute atomic E-state index is 13.0. The Labute approximate surface area is 152 Å². The first-order valence-electron chi connectivity index (χ1n) is 8.68. The molecule has 0 spiro atoms. The van der Waals surface area contributed by atoms with Crippen LogP contribution in [0.2, 0.25) is 0 Å². The van der Waals surface area contributed by atoms with Gasteiger partial charge in [-0.1, -0.05) is 42.5 Å². The summed E-state index contributed by atoms with van der Waals surface area (Å²) in [5.74, 6) is 1.63. The highest BCUT2D eigenvalue weighted by atomic mass is 16.5. The van der Waals surface area contributed by atoms with E-state index < -0.39 is 0 Å². The summed E-state index contributed by atoms with van der Waals surface area (Å²) in [6, 6.07) is 17.7. The van der Waals surface area contributed by atoms with E-state index in [9.17, 15) is 4.79 Å². The fraction of sp³-hybridized carbons (Fsp3) is 0.238. The van der Waals surface area contributed by atoms with Gasteiger partial charge in [-0.3, -0.25) is 4.79 Å². The molecule has 5 nitrogen and oxygen atoms in total. The SMILES string of the molecule is COc1ccc(C2CCN(C(=O)c3ncoc3-c3ccccc3)C2)cc1. The highest BCUT2D eigenvalue weighted by molar-refractivity contribution is 5.97. The number of amides is 1. The Morgan fingerprint density at radius 3 is 2.65 bits per heavy atom. The van der Waals surface area contributed by atoms with Gasteiger partial charge in [0.25, 0.3) is 5.91 Å². The first kappa shape index (κ1) is 16.4. The largest absolute Gasteiger partial charge is 0.497 e. The van der Waals surface area contributed by atoms with Crippen molar-refractivity contribution in [3.63, 3.8) is 0 Å². The number of benzene rings is 2. The average molecular weight is 348 g/mol. The Bertz CT molecular complexity index is 887. The number of ether oxygens (including phenoxy) is 1. The van der Waals surface area contributed by atoms with Crippen LogP contribution in [0.1, 0.15) is 28.4 Å². The summed E-state index contributed by atoms with van der Waals surface area (Å²) in [5, 5.41) is 0. The standard InChI is InChI=1S/C21H20N2O3/c1-25-18-9-7-15(8-10-18)17-11-12-23(13-17)21(24)19-20(26-14-22-19)16-5-3-2-4-6-16/h2-10,14,17H,11-13H2,1H3. The zero-order valence-corrected chi connectivity index (χ0v) is 14.6. The van der Waals surface area contributed by atoms with Crippen LogP contribution in [0, 0.1) is 0 Å². The molecule has 1 unspecified atom stereocenters. The van der Waals surface area contributed by atoms with Gasteiger partial charge >= 0.3 is 0 Å². The van der Waals surface area contributed by atoms with Crippen LogP contribution in [0.25, 0.3) is 11.3 Å². The zero-order chi connectivity index (χ0) is 17.9. The van der Waals surface area contributed by atoms with Gasteiger partial charge in [0.1, 0.15) is 5.75 Å². The molecule has 1 amide bonds. The molecular weight excluding hydrogens is 328 g/mol. The van der Waals surface area contributed by atoms with Crippen molar-refractivity contribution in [1.82, 2.24) is 9.88 Å². The van der Waals surface area contributed by atoms with E-state index >= 15 is 0 Å². The number of oxazole rings is 1. The summed E-state index contributed by atoms with van der Waals surface area (Å²) in [4.78, 5) is 19.0. The lowest BCUT2D eigenvalue weighted by Gasteiger charge is -2.16. The highest BCUT2D eigenvalue weighted by Crippen LogP contribution is 2.31. The van der Waals surface area contributed by atoms with E-state index in [4.69, 9.17) is 9.15 Å². The molecule has 1 aliphatic rings. The Morgan fingerprint density at radius 2 is 1.92 bits per heavy atom. The van der Waals surface area contributed by atoms with Crippen LogP contribution >= 0.6 is 0 Å². The van der Waals surface area contributed by atoms with Crippen LogP contribution in [-0.2, 0) is 0 Å². The lowest BCUT2D eigenvalue weighted by Crippen LogP contribution is -2.29. The fourth-order valence-corrected chi connectivity index (χ4v) is 3.44. The number of carbonyl (C=O) groups excluding carboxylic acids is 1. The molecule has 2 aromatic carbocycles. The average Bonchev–Trinajstić information content (AvgIpc) is 3.38. The topological polar surface area (TPSA) is 55.6 Å². The lowest BCUT2D eigenvalue weighted by molar-refractivity contribution is 0.0786. The normalized spacial score (nSPS) is 16.7. The van der Waals surface area contributed by atoms with Gasteiger partial charge in [0, 0.05) is 24.6 Å². The second-order valence-corrected chi connectivity index (χ2v) is 6.41. The molecule has 1 aliphatic heterocycles. The predicted molar refractivity (Wildman–Crippen MR) is 98.2 cm³/mol. The molecule has 3 aromatic rings. The molecule has 1 atom stereocenters. The van der Waals surface area contributed by atoms with Gasteiger partial charge in [-0.15, -0.1) is 0 Å². The molecule has 0 saturated carbocycles. The molecule has 1 aromatic heterocycles. The molecule has 0 radical (unpaired) electrons. The van der Waals surface area contributed by atoms with Crippen LogP contribution in [0.4, 0.5) is 0 Å². The van der Waals surface area contributed by atoms with Gasteiger partial charge < -0.3 is 14.1 Å². The van der Waals surface area contributed by atoms with E-state index in [1.54, 1.807) is 7.11 Å². The van der Waals surface area contributed by atoms with Gasteiger partial charge in [0.15, 0.2) is 17.8 Å². The molecule has 1 saturated heterocycles. The smallest absolute Gasteiger partial charge is 0.276 e. The Kier molecular flexibility index (Phi) is 4.44. The van der Waals surface area contributed by atoms with Gasteiger partial charge in [-0.25, -0.2) is 4.98 Å². The van der Waals surface area contributed by atoms with Gasteiger partial charge in [0.2, 0.25) is 0 Å². The molecular formula is C21H20N2O3. The predicted octanol–water partition coefficient (Wildman–Crippen LogP) is 3.98. The van der Waals surface area contributed by atoms with Crippen molar-refractivity contribution in [3.05, 3.63) is 72.2 Å². The number of methoxy groups -OCH3 is 1. The zero-order valence-electron chi connectivity index (χ0n) is 14.6. The van der Waals surface area contributed by atoms with Crippen LogP contribution in [-0.4, -0.2) is 36.0 Å². The van der Waals surface area contributed by atoms with Crippen LogP contribution in [0.3, 0.4) is 0 Å². The Balaban J connectivity index is 1.51. The maximum Gasteiger partial charge on any atom is 0.276 e. The summed E-state index contributed by atoms with van der Waals surface area (Å²) in [7, 11) is 1.66. The molecule has 2 heterocycles. The number of carbonyl (C=O) groups is 1. The van der Waals surface area contributed by atoms with E-state index in [1.165, 1.54) is 12.0 Å². The van der Waals surface area contributed by atoms with Gasteiger partial charge in [-0.2, -0.15) is 0 Å². The summed E-state index contributed by atoms with van der Waals surface area (Å²) in [6.07, 6.45) is 2.28. The van der Waals surface area contributed by atoms with Crippen LogP contribution in [0.15, 0.2) is 65.4 Å². The van der Waals surface area contributed by atoms with Crippen LogP contribution < -0.4 is 4.74 Å². The molecule has 132 valence electrons. The number of aromatic nitrogens is 1. The number of nitrogens with zero attached hydrogens (tertiary/aromatic N) is 2. The molecule has 0 N–H and O–H groups in total. The first-order valence-corrected chi connectivity index (χ1v) is 8.68. The number of hydrogen-bond acceptors (Lipinski definition) is 4. The minimum atomic E-state index is -0.0754. The maximum atomic E-state index is 13.0. The van der Waals surface area contributed by atoms with E-state index in [1.807, 2.05) is 47.4 Å². The third kappa shape index (κ3) is 3.08. The molecule has 5 heteroatoms. The minimum Gasteiger partial charge on any atom is -0.497 e. The summed E-state index contributed by atoms with van der Waals surface area (Å²) in [5.41, 5.74) is 2.47. The highest BCUT2D eigenvalue weighted by Gasteiger charge is 2.31. The van der Waals surface area contributed by atoms with Crippen molar-refractivity contribution < 1.29 is 13.9 Å². The van der Waals surface area contributed by atoms with Crippen LogP contribution in [0.5, 0.6) is 5.75 Å². The van der Waals surface area contributed by atoms with E-state index in [0.717, 1.165) is 24.3 Å². The van der Waals surface area contributed by atoms with Gasteiger partial charge in [0.05, 0.1) is 7.11 Å². The summed E-state index contributed by atoms with van der Waals surface area (Å²) in [6.45, 7) is 1.41. The third-order valence-electron chi connectivity index (χ3n) is 4.87. The van der Waals surface area contributed by atoms with Crippen molar-refractivity contribution in [1.29, 1.82) is 0 Å². The number of rotatable bonds is 4. The van der Waals surface area contributed by atoms with Crippen molar-refractivity contribution in [2.24, 2.45) is 0 Å². The van der Waals surface area contributed by atoms with E-state index in [2.05, 4.69) is 17.1 Å².